The molecule has 0 bridgehead atoms. The summed E-state index contributed by atoms with van der Waals surface area (Å²) >= 11 is 0. The van der Waals surface area contributed by atoms with Gasteiger partial charge in [-0.2, -0.15) is 0 Å². The second kappa shape index (κ2) is 11.7. The Morgan fingerprint density at radius 1 is 1.06 bits per heavy atom. The lowest BCUT2D eigenvalue weighted by Crippen LogP contribution is -2.32. The van der Waals surface area contributed by atoms with E-state index in [1.54, 1.807) is 6.07 Å². The van der Waals surface area contributed by atoms with Gasteiger partial charge in [0.2, 0.25) is 0 Å². The van der Waals surface area contributed by atoms with Crippen LogP contribution in [0.5, 0.6) is 5.75 Å². The van der Waals surface area contributed by atoms with Crippen molar-refractivity contribution >= 4 is 18.8 Å². The molecule has 1 unspecified atom stereocenters. The van der Waals surface area contributed by atoms with E-state index in [0.29, 0.717) is 37.3 Å². The third kappa shape index (κ3) is 6.38. The fourth-order valence-electron chi connectivity index (χ4n) is 4.01. The summed E-state index contributed by atoms with van der Waals surface area (Å²) in [5.41, 5.74) is 3.96. The lowest BCUT2D eigenvalue weighted by molar-refractivity contribution is 0.182. The first-order valence-corrected chi connectivity index (χ1v) is 11.5. The van der Waals surface area contributed by atoms with Crippen molar-refractivity contribution in [3.05, 3.63) is 114 Å². The highest BCUT2D eigenvalue weighted by Crippen LogP contribution is 2.31. The van der Waals surface area contributed by atoms with E-state index in [2.05, 4.69) is 18.7 Å². The van der Waals surface area contributed by atoms with Gasteiger partial charge in [0.15, 0.2) is 0 Å². The van der Waals surface area contributed by atoms with E-state index in [1.807, 2.05) is 66.7 Å². The summed E-state index contributed by atoms with van der Waals surface area (Å²) in [6, 6.07) is 23.3. The molecule has 0 saturated carbocycles. The van der Waals surface area contributed by atoms with E-state index < -0.39 is 7.12 Å². The second-order valence-electron chi connectivity index (χ2n) is 8.22. The van der Waals surface area contributed by atoms with Gasteiger partial charge >= 0.3 is 7.12 Å². The standard InChI is InChI=1S/C28H29BO5/c1-21(20-32-24-10-6-3-7-11-24)27-16-17-29(31)34-28(27)15-12-23(22-8-4-2-5-9-22)18-25-13-14-26(19-30)33-25/h2-11,13-14,16,18,28,30-31H,1,12,15,17,19-20H2/b23-18-. The number of allylic oxidation sites excluding steroid dienone is 2. The largest absolute Gasteiger partial charge is 0.489 e. The minimum atomic E-state index is -0.835. The number of rotatable bonds is 10. The molecule has 2 heterocycles. The highest BCUT2D eigenvalue weighted by atomic mass is 16.5. The van der Waals surface area contributed by atoms with Crippen molar-refractivity contribution < 1.29 is 23.9 Å². The van der Waals surface area contributed by atoms with Crippen LogP contribution in [0.15, 0.2) is 101 Å². The van der Waals surface area contributed by atoms with Crippen LogP contribution in [0.25, 0.3) is 11.6 Å². The molecule has 2 N–H and O–H groups in total. The van der Waals surface area contributed by atoms with E-state index >= 15 is 0 Å². The molecule has 34 heavy (non-hydrogen) atoms. The topological polar surface area (TPSA) is 72.1 Å². The molecule has 0 aliphatic carbocycles. The second-order valence-corrected chi connectivity index (χ2v) is 8.22. The maximum Gasteiger partial charge on any atom is 0.458 e. The number of para-hydroxylation sites is 1. The first-order chi connectivity index (χ1) is 16.6. The molecule has 1 atom stereocenters. The average molecular weight is 456 g/mol. The minimum absolute atomic E-state index is 0.135. The fourth-order valence-corrected chi connectivity index (χ4v) is 4.01. The smallest absolute Gasteiger partial charge is 0.458 e. The average Bonchev–Trinajstić information content (AvgIpc) is 3.34. The van der Waals surface area contributed by atoms with Crippen LogP contribution in [0.1, 0.15) is 29.9 Å². The molecule has 1 aliphatic rings. The van der Waals surface area contributed by atoms with Crippen molar-refractivity contribution in [2.24, 2.45) is 0 Å². The summed E-state index contributed by atoms with van der Waals surface area (Å²) in [4.78, 5) is 0. The zero-order valence-corrected chi connectivity index (χ0v) is 19.1. The van der Waals surface area contributed by atoms with E-state index in [0.717, 1.165) is 28.0 Å². The summed E-state index contributed by atoms with van der Waals surface area (Å²) in [6.45, 7) is 4.44. The summed E-state index contributed by atoms with van der Waals surface area (Å²) < 4.78 is 17.5. The fraction of sp³-hybridized carbons (Fsp3) is 0.214. The predicted molar refractivity (Wildman–Crippen MR) is 135 cm³/mol. The van der Waals surface area contributed by atoms with Crippen LogP contribution >= 0.6 is 0 Å². The highest BCUT2D eigenvalue weighted by molar-refractivity contribution is 6.43. The van der Waals surface area contributed by atoms with Gasteiger partial charge in [-0.15, -0.1) is 0 Å². The van der Waals surface area contributed by atoms with Crippen LogP contribution in [-0.4, -0.2) is 30.0 Å². The van der Waals surface area contributed by atoms with E-state index in [4.69, 9.17) is 13.8 Å². The van der Waals surface area contributed by atoms with Crippen molar-refractivity contribution in [2.45, 2.75) is 31.9 Å². The molecule has 0 amide bonds. The van der Waals surface area contributed by atoms with Crippen LogP contribution in [0.4, 0.5) is 0 Å². The molecular formula is C28H29BO5. The van der Waals surface area contributed by atoms with Gasteiger partial charge in [-0.25, -0.2) is 0 Å². The first kappa shape index (κ1) is 23.8. The van der Waals surface area contributed by atoms with Crippen molar-refractivity contribution in [3.8, 4) is 5.75 Å². The maximum atomic E-state index is 10.2. The Morgan fingerprint density at radius 2 is 1.79 bits per heavy atom. The number of ether oxygens (including phenoxy) is 1. The summed E-state index contributed by atoms with van der Waals surface area (Å²) in [5.74, 6) is 1.99. The van der Waals surface area contributed by atoms with Gasteiger partial charge in [-0.1, -0.05) is 61.2 Å². The van der Waals surface area contributed by atoms with Gasteiger partial charge in [-0.05, 0) is 65.5 Å². The van der Waals surface area contributed by atoms with E-state index in [9.17, 15) is 10.1 Å². The number of hydrogen-bond donors (Lipinski definition) is 2. The van der Waals surface area contributed by atoms with Gasteiger partial charge < -0.3 is 23.9 Å². The van der Waals surface area contributed by atoms with Gasteiger partial charge in [0.05, 0.1) is 6.10 Å². The Hall–Kier alpha value is -3.32. The summed E-state index contributed by atoms with van der Waals surface area (Å²) in [6.07, 6.45) is 5.47. The Kier molecular flexibility index (Phi) is 8.20. The monoisotopic (exact) mass is 456 g/mol. The molecule has 6 heteroatoms. The molecule has 0 saturated heterocycles. The highest BCUT2D eigenvalue weighted by Gasteiger charge is 2.28. The molecule has 3 aromatic rings. The van der Waals surface area contributed by atoms with Crippen LogP contribution in [0.2, 0.25) is 6.32 Å². The van der Waals surface area contributed by atoms with Gasteiger partial charge in [0.25, 0.3) is 0 Å². The van der Waals surface area contributed by atoms with E-state index in [-0.39, 0.29) is 12.7 Å². The predicted octanol–water partition coefficient (Wildman–Crippen LogP) is 5.53. The lowest BCUT2D eigenvalue weighted by Gasteiger charge is -2.28. The SMILES string of the molecule is C=C(COc1ccccc1)C1=CCB(O)OC1CC/C(=C/c1ccc(CO)o1)c1ccccc1. The molecule has 4 rings (SSSR count). The maximum absolute atomic E-state index is 10.2. The third-order valence-electron chi connectivity index (χ3n) is 5.75. The molecule has 1 aromatic heterocycles. The van der Waals surface area contributed by atoms with Crippen molar-refractivity contribution in [1.29, 1.82) is 0 Å². The van der Waals surface area contributed by atoms with Crippen LogP contribution in [0.3, 0.4) is 0 Å². The number of furan rings is 1. The zero-order valence-electron chi connectivity index (χ0n) is 19.1. The molecule has 1 aliphatic heterocycles. The number of hydrogen-bond acceptors (Lipinski definition) is 5. The van der Waals surface area contributed by atoms with Gasteiger partial charge in [0.1, 0.15) is 30.5 Å². The minimum Gasteiger partial charge on any atom is -0.489 e. The zero-order chi connectivity index (χ0) is 23.8. The molecule has 0 fully saturated rings. The van der Waals surface area contributed by atoms with Crippen molar-refractivity contribution in [1.82, 2.24) is 0 Å². The molecule has 0 spiro atoms. The van der Waals surface area contributed by atoms with Crippen LogP contribution < -0.4 is 4.74 Å². The molecule has 5 nitrogen and oxygen atoms in total. The number of benzene rings is 2. The number of aliphatic hydroxyl groups is 1. The quantitative estimate of drug-likeness (QED) is 0.393. The Bertz CT molecular complexity index is 1130. The van der Waals surface area contributed by atoms with Gasteiger partial charge in [0, 0.05) is 6.32 Å². The first-order valence-electron chi connectivity index (χ1n) is 11.5. The molecule has 2 aromatic carbocycles. The van der Waals surface area contributed by atoms with Gasteiger partial charge in [-0.3, -0.25) is 0 Å². The van der Waals surface area contributed by atoms with Crippen LogP contribution in [-0.2, 0) is 11.3 Å². The van der Waals surface area contributed by atoms with Crippen molar-refractivity contribution in [3.63, 3.8) is 0 Å². The lowest BCUT2D eigenvalue weighted by atomic mass is 9.78. The Labute approximate surface area is 200 Å². The molecular weight excluding hydrogens is 427 g/mol. The molecule has 174 valence electrons. The number of aliphatic hydroxyl groups excluding tert-OH is 1. The summed E-state index contributed by atoms with van der Waals surface area (Å²) in [5, 5.41) is 19.5. The van der Waals surface area contributed by atoms with Crippen LogP contribution in [0, 0.1) is 0 Å². The summed E-state index contributed by atoms with van der Waals surface area (Å²) in [7, 11) is -0.835. The van der Waals surface area contributed by atoms with Crippen molar-refractivity contribution in [2.75, 3.05) is 6.61 Å². The molecule has 0 radical (unpaired) electrons. The Balaban J connectivity index is 1.48. The van der Waals surface area contributed by atoms with E-state index in [1.165, 1.54) is 0 Å². The Morgan fingerprint density at radius 3 is 2.50 bits per heavy atom. The third-order valence-corrected chi connectivity index (χ3v) is 5.75. The normalized spacial score (nSPS) is 16.3.